The van der Waals surface area contributed by atoms with Gasteiger partial charge in [-0.1, -0.05) is 30.7 Å². The van der Waals surface area contributed by atoms with Crippen molar-refractivity contribution in [1.29, 1.82) is 0 Å². The zero-order valence-corrected chi connectivity index (χ0v) is 23.2. The Morgan fingerprint density at radius 3 is 2.53 bits per heavy atom. The fourth-order valence-corrected chi connectivity index (χ4v) is 7.07. The minimum atomic E-state index is -4.75. The molecule has 3 aromatic rings. The van der Waals surface area contributed by atoms with Gasteiger partial charge in [0.25, 0.3) is 10.0 Å². The summed E-state index contributed by atoms with van der Waals surface area (Å²) >= 11 is 7.28. The zero-order chi connectivity index (χ0) is 27.6. The van der Waals surface area contributed by atoms with Gasteiger partial charge in [0.1, 0.15) is 16.6 Å². The number of thiazole rings is 1. The van der Waals surface area contributed by atoms with Crippen LogP contribution in [0, 0.1) is 23.5 Å². The lowest BCUT2D eigenvalue weighted by molar-refractivity contribution is -0.145. The monoisotopic (exact) mass is 585 g/mol. The molecule has 2 heterocycles. The van der Waals surface area contributed by atoms with Gasteiger partial charge in [0, 0.05) is 30.7 Å². The van der Waals surface area contributed by atoms with E-state index in [1.54, 1.807) is 41.5 Å². The summed E-state index contributed by atoms with van der Waals surface area (Å²) in [6.45, 7) is 2.36. The van der Waals surface area contributed by atoms with E-state index in [2.05, 4.69) is 4.98 Å². The fourth-order valence-electron chi connectivity index (χ4n) is 4.35. The van der Waals surface area contributed by atoms with Crippen molar-refractivity contribution >= 4 is 49.7 Å². The van der Waals surface area contributed by atoms with Crippen LogP contribution in [0.2, 0.25) is 5.02 Å². The molecule has 0 saturated carbocycles. The molecular weight excluding hydrogens is 560 g/mol. The maximum Gasteiger partial charge on any atom is 0.308 e. The van der Waals surface area contributed by atoms with Crippen molar-refractivity contribution < 1.29 is 31.5 Å². The van der Waals surface area contributed by atoms with E-state index in [1.165, 1.54) is 20.4 Å². The molecule has 4 rings (SSSR count). The number of hydrogen-bond acceptors (Lipinski definition) is 8. The Labute approximate surface area is 228 Å². The van der Waals surface area contributed by atoms with Gasteiger partial charge >= 0.3 is 5.97 Å². The second-order valence-electron chi connectivity index (χ2n) is 8.94. The molecule has 1 fully saturated rings. The Hall–Kier alpha value is -2.96. The molecule has 1 aliphatic heterocycles. The van der Waals surface area contributed by atoms with Crippen LogP contribution in [0.4, 0.5) is 19.6 Å². The molecular formula is C25H26ClF2N3O5S2. The number of nitrogens with zero attached hydrogens (tertiary/aromatic N) is 3. The number of benzene rings is 2. The van der Waals surface area contributed by atoms with Crippen molar-refractivity contribution in [2.75, 3.05) is 36.5 Å². The van der Waals surface area contributed by atoms with E-state index in [0.29, 0.717) is 30.8 Å². The Morgan fingerprint density at radius 2 is 1.95 bits per heavy atom. The van der Waals surface area contributed by atoms with E-state index in [4.69, 9.17) is 21.1 Å². The van der Waals surface area contributed by atoms with Crippen LogP contribution < -0.4 is 13.9 Å². The van der Waals surface area contributed by atoms with E-state index in [1.807, 2.05) is 0 Å². The predicted molar refractivity (Wildman–Crippen MR) is 141 cm³/mol. The number of carbonyl (C=O) groups excluding carboxylic acids is 1. The molecule has 13 heteroatoms. The number of hydrogen-bond donors (Lipinski definition) is 0. The van der Waals surface area contributed by atoms with Gasteiger partial charge in [-0.25, -0.2) is 26.5 Å². The third kappa shape index (κ3) is 5.57. The summed E-state index contributed by atoms with van der Waals surface area (Å²) in [5.74, 6) is -2.60. The molecule has 38 heavy (non-hydrogen) atoms. The maximum atomic E-state index is 15.5. The molecule has 1 saturated heterocycles. The van der Waals surface area contributed by atoms with Crippen LogP contribution in [-0.4, -0.2) is 46.7 Å². The molecule has 1 aromatic heterocycles. The first-order valence-corrected chi connectivity index (χ1v) is 14.3. The van der Waals surface area contributed by atoms with Crippen molar-refractivity contribution in [3.63, 3.8) is 0 Å². The number of esters is 1. The van der Waals surface area contributed by atoms with E-state index in [0.717, 1.165) is 21.7 Å². The summed E-state index contributed by atoms with van der Waals surface area (Å²) in [6.07, 6.45) is 1.95. The van der Waals surface area contributed by atoms with Crippen molar-refractivity contribution in [3.05, 3.63) is 64.1 Å². The Kier molecular flexibility index (Phi) is 8.43. The lowest BCUT2D eigenvalue weighted by atomic mass is 9.89. The first kappa shape index (κ1) is 28.1. The van der Waals surface area contributed by atoms with E-state index in [-0.39, 0.29) is 35.2 Å². The number of ether oxygens (including phenoxy) is 2. The molecule has 1 atom stereocenters. The minimum absolute atomic E-state index is 0.0464. The molecule has 1 unspecified atom stereocenters. The highest BCUT2D eigenvalue weighted by Gasteiger charge is 2.38. The summed E-state index contributed by atoms with van der Waals surface area (Å²) in [5.41, 5.74) is 0.611. The van der Waals surface area contributed by atoms with Gasteiger partial charge in [-0.2, -0.15) is 0 Å². The Morgan fingerprint density at radius 1 is 1.26 bits per heavy atom. The normalized spacial score (nSPS) is 14.6. The Bertz CT molecular complexity index is 1400. The number of anilines is 2. The number of sulfonamides is 1. The van der Waals surface area contributed by atoms with Gasteiger partial charge in [0.05, 0.1) is 32.4 Å². The van der Waals surface area contributed by atoms with Crippen LogP contribution in [0.5, 0.6) is 5.75 Å². The van der Waals surface area contributed by atoms with Gasteiger partial charge in [0.2, 0.25) is 0 Å². The SMILES string of the molecule is COC(=O)C(C)CC1CN(c2cc(F)c(S(=O)(=O)N(Cc3ccc(OC)cc3)c3nccs3)c(F)c2Cl)C1. The predicted octanol–water partition coefficient (Wildman–Crippen LogP) is 5.11. The molecule has 2 aromatic carbocycles. The van der Waals surface area contributed by atoms with Crippen molar-refractivity contribution in [2.24, 2.45) is 11.8 Å². The average molecular weight is 586 g/mol. The molecule has 0 radical (unpaired) electrons. The molecule has 0 spiro atoms. The molecule has 0 N–H and O–H groups in total. The van der Waals surface area contributed by atoms with Crippen LogP contribution >= 0.6 is 22.9 Å². The first-order chi connectivity index (χ1) is 18.1. The summed E-state index contributed by atoms with van der Waals surface area (Å²) < 4.78 is 69.0. The second kappa shape index (κ2) is 11.4. The maximum absolute atomic E-state index is 15.5. The molecule has 0 aliphatic carbocycles. The van der Waals surface area contributed by atoms with Crippen LogP contribution in [0.3, 0.4) is 0 Å². The van der Waals surface area contributed by atoms with Crippen LogP contribution in [-0.2, 0) is 26.1 Å². The number of rotatable bonds is 10. The van der Waals surface area contributed by atoms with Crippen molar-refractivity contribution in [3.8, 4) is 5.75 Å². The topological polar surface area (TPSA) is 89.0 Å². The summed E-state index contributed by atoms with van der Waals surface area (Å²) in [7, 11) is -1.92. The first-order valence-electron chi connectivity index (χ1n) is 11.6. The van der Waals surface area contributed by atoms with Crippen LogP contribution in [0.15, 0.2) is 46.8 Å². The highest BCUT2D eigenvalue weighted by Crippen LogP contribution is 2.40. The standard InChI is InChI=1S/C25H26ClF2N3O5S2/c1-15(24(32)36-3)10-17-12-30(13-17)20-11-19(27)23(22(28)21(20)26)38(33,34)31(25-29-8-9-37-25)14-16-4-6-18(35-2)7-5-16/h4-9,11,15,17H,10,12-14H2,1-3H3. The van der Waals surface area contributed by atoms with Gasteiger partial charge in [-0.3, -0.25) is 4.79 Å². The molecule has 0 bridgehead atoms. The van der Waals surface area contributed by atoms with Gasteiger partial charge < -0.3 is 14.4 Å². The fraction of sp³-hybridized carbons (Fsp3) is 0.360. The third-order valence-corrected chi connectivity index (χ3v) is 9.39. The van der Waals surface area contributed by atoms with Crippen LogP contribution in [0.25, 0.3) is 0 Å². The average Bonchev–Trinajstić information content (AvgIpc) is 3.40. The van der Waals surface area contributed by atoms with Crippen LogP contribution in [0.1, 0.15) is 18.9 Å². The van der Waals surface area contributed by atoms with E-state index in [9.17, 15) is 13.2 Å². The highest BCUT2D eigenvalue weighted by atomic mass is 35.5. The number of carbonyl (C=O) groups is 1. The highest BCUT2D eigenvalue weighted by molar-refractivity contribution is 7.93. The minimum Gasteiger partial charge on any atom is -0.497 e. The van der Waals surface area contributed by atoms with E-state index >= 15 is 8.78 Å². The molecule has 1 aliphatic rings. The number of aromatic nitrogens is 1. The lowest BCUT2D eigenvalue weighted by Crippen LogP contribution is -2.48. The van der Waals surface area contributed by atoms with E-state index < -0.39 is 31.6 Å². The summed E-state index contributed by atoms with van der Waals surface area (Å²) in [6, 6.07) is 7.55. The van der Waals surface area contributed by atoms with Crippen molar-refractivity contribution in [1.82, 2.24) is 4.98 Å². The third-order valence-electron chi connectivity index (χ3n) is 6.35. The molecule has 204 valence electrons. The van der Waals surface area contributed by atoms with Gasteiger partial charge in [0.15, 0.2) is 15.8 Å². The van der Waals surface area contributed by atoms with Gasteiger partial charge in [-0.05, 0) is 30.0 Å². The van der Waals surface area contributed by atoms with Crippen molar-refractivity contribution in [2.45, 2.75) is 24.8 Å². The quantitative estimate of drug-likeness (QED) is 0.241. The second-order valence-corrected chi connectivity index (χ2v) is 12.0. The molecule has 8 nitrogen and oxygen atoms in total. The number of halogens is 3. The summed E-state index contributed by atoms with van der Waals surface area (Å²) in [4.78, 5) is 16.2. The number of methoxy groups -OCH3 is 2. The molecule has 0 amide bonds. The summed E-state index contributed by atoms with van der Waals surface area (Å²) in [5, 5.41) is 1.12. The zero-order valence-electron chi connectivity index (χ0n) is 20.9. The smallest absolute Gasteiger partial charge is 0.308 e. The lowest BCUT2D eigenvalue weighted by Gasteiger charge is -2.42. The largest absolute Gasteiger partial charge is 0.497 e. The van der Waals surface area contributed by atoms with Gasteiger partial charge in [-0.15, -0.1) is 11.3 Å². The Balaban J connectivity index is 1.62.